The molecule has 0 fully saturated rings. The van der Waals surface area contributed by atoms with Crippen LogP contribution in [-0.4, -0.2) is 46.4 Å². The Labute approximate surface area is 156 Å². The first-order valence-corrected chi connectivity index (χ1v) is 8.75. The van der Waals surface area contributed by atoms with Gasteiger partial charge in [0.15, 0.2) is 17.1 Å². The number of fused-ring (bicyclic) bond motifs is 2. The first-order valence-electron chi connectivity index (χ1n) is 8.75. The molecule has 0 saturated carbocycles. The van der Waals surface area contributed by atoms with E-state index in [0.29, 0.717) is 12.2 Å². The van der Waals surface area contributed by atoms with Crippen LogP contribution in [0.4, 0.5) is 0 Å². The molecule has 2 aliphatic carbocycles. The number of aliphatic hydroxyl groups is 1. The van der Waals surface area contributed by atoms with E-state index in [2.05, 4.69) is 5.16 Å². The smallest absolute Gasteiger partial charge is 0.265 e. The minimum atomic E-state index is -2.13. The van der Waals surface area contributed by atoms with Crippen molar-refractivity contribution in [1.82, 2.24) is 10.1 Å². The predicted octanol–water partition coefficient (Wildman–Crippen LogP) is 1.93. The Balaban J connectivity index is 1.75. The van der Waals surface area contributed by atoms with E-state index >= 15 is 0 Å². The lowest BCUT2D eigenvalue weighted by Crippen LogP contribution is -2.59. The van der Waals surface area contributed by atoms with Gasteiger partial charge < -0.3 is 14.4 Å². The summed E-state index contributed by atoms with van der Waals surface area (Å²) in [7, 11) is 3.61. The number of carbonyl (C=O) groups excluding carboxylic acids is 2. The first-order chi connectivity index (χ1) is 12.9. The van der Waals surface area contributed by atoms with Crippen molar-refractivity contribution in [3.63, 3.8) is 0 Å². The fourth-order valence-electron chi connectivity index (χ4n) is 3.93. The zero-order chi connectivity index (χ0) is 19.2. The van der Waals surface area contributed by atoms with Gasteiger partial charge in [-0.2, -0.15) is 0 Å². The quantitative estimate of drug-likeness (QED) is 0.824. The molecule has 1 heterocycles. The van der Waals surface area contributed by atoms with Crippen molar-refractivity contribution in [2.24, 2.45) is 5.92 Å². The summed E-state index contributed by atoms with van der Waals surface area (Å²) in [5.41, 5.74) is -1.19. The van der Waals surface area contributed by atoms with Crippen LogP contribution in [0.2, 0.25) is 0 Å². The van der Waals surface area contributed by atoms with Gasteiger partial charge >= 0.3 is 0 Å². The number of ether oxygens (including phenoxy) is 1. The molecule has 0 radical (unpaired) electrons. The molecule has 7 nitrogen and oxygen atoms in total. The first kappa shape index (κ1) is 17.6. The topological polar surface area (TPSA) is 92.9 Å². The standard InChI is InChI=1S/C20H20N2O5/c1-22(2)16-13-9-6-10-14(23)20(13,25)18(24)15-17(16)27-21-19(15)26-11-12-7-4-3-5-8-12/h3-8,10,13,16,25H,9,11H2,1-2H3/t13-,16?,20-/m0/s1. The maximum atomic E-state index is 13.1. The summed E-state index contributed by atoms with van der Waals surface area (Å²) < 4.78 is 11.2. The van der Waals surface area contributed by atoms with E-state index in [1.807, 2.05) is 35.2 Å². The van der Waals surface area contributed by atoms with Crippen LogP contribution in [0.15, 0.2) is 47.0 Å². The van der Waals surface area contributed by atoms with Crippen LogP contribution in [0.1, 0.15) is 34.1 Å². The Kier molecular flexibility index (Phi) is 4.20. The number of rotatable bonds is 4. The summed E-state index contributed by atoms with van der Waals surface area (Å²) in [6.07, 6.45) is 3.33. The second-order valence-electron chi connectivity index (χ2n) is 7.11. The van der Waals surface area contributed by atoms with E-state index in [1.54, 1.807) is 20.2 Å². The lowest BCUT2D eigenvalue weighted by atomic mass is 9.65. The molecule has 0 spiro atoms. The fraction of sp³-hybridized carbons (Fsp3) is 0.350. The summed E-state index contributed by atoms with van der Waals surface area (Å²) in [6.45, 7) is 0.190. The number of hydrogen-bond acceptors (Lipinski definition) is 7. The molecule has 1 N–H and O–H groups in total. The highest BCUT2D eigenvalue weighted by atomic mass is 16.5. The second-order valence-corrected chi connectivity index (χ2v) is 7.11. The fourth-order valence-corrected chi connectivity index (χ4v) is 3.93. The van der Waals surface area contributed by atoms with Gasteiger partial charge in [-0.25, -0.2) is 0 Å². The molecule has 1 aromatic heterocycles. The molecule has 0 aliphatic heterocycles. The van der Waals surface area contributed by atoms with Crippen molar-refractivity contribution >= 4 is 11.6 Å². The highest BCUT2D eigenvalue weighted by Crippen LogP contribution is 2.49. The van der Waals surface area contributed by atoms with Crippen molar-refractivity contribution in [1.29, 1.82) is 0 Å². The van der Waals surface area contributed by atoms with Gasteiger partial charge in [0.05, 0.1) is 6.04 Å². The zero-order valence-corrected chi connectivity index (χ0v) is 15.1. The SMILES string of the molecule is CN(C)C1c2onc(OCc3ccccc3)c2C(=O)[C@@]2(O)C(=O)C=CC[C@@H]12. The number of aromatic nitrogens is 1. The lowest BCUT2D eigenvalue weighted by molar-refractivity contribution is -0.137. The van der Waals surface area contributed by atoms with Gasteiger partial charge in [0.25, 0.3) is 5.88 Å². The van der Waals surface area contributed by atoms with E-state index in [-0.39, 0.29) is 18.1 Å². The van der Waals surface area contributed by atoms with Gasteiger partial charge in [-0.3, -0.25) is 14.5 Å². The van der Waals surface area contributed by atoms with Crippen LogP contribution < -0.4 is 4.74 Å². The summed E-state index contributed by atoms with van der Waals surface area (Å²) >= 11 is 0. The number of Topliss-reactive ketones (excluding diaryl/α,β-unsaturated/α-hetero) is 1. The van der Waals surface area contributed by atoms with Gasteiger partial charge in [0.2, 0.25) is 5.78 Å². The summed E-state index contributed by atoms with van der Waals surface area (Å²) in [5.74, 6) is -1.64. The third-order valence-electron chi connectivity index (χ3n) is 5.26. The third-order valence-corrected chi connectivity index (χ3v) is 5.26. The minimum Gasteiger partial charge on any atom is -0.470 e. The number of carbonyl (C=O) groups is 2. The maximum absolute atomic E-state index is 13.1. The summed E-state index contributed by atoms with van der Waals surface area (Å²) in [4.78, 5) is 27.4. The monoisotopic (exact) mass is 368 g/mol. The van der Waals surface area contributed by atoms with Crippen molar-refractivity contribution in [3.05, 3.63) is 59.4 Å². The highest BCUT2D eigenvalue weighted by molar-refractivity contribution is 6.23. The van der Waals surface area contributed by atoms with E-state index in [4.69, 9.17) is 9.26 Å². The molecule has 2 aliphatic rings. The van der Waals surface area contributed by atoms with E-state index < -0.39 is 29.1 Å². The molecule has 27 heavy (non-hydrogen) atoms. The maximum Gasteiger partial charge on any atom is 0.265 e. The minimum absolute atomic E-state index is 0.0000638. The molecule has 0 bridgehead atoms. The second kappa shape index (κ2) is 6.44. The molecule has 0 saturated heterocycles. The van der Waals surface area contributed by atoms with E-state index in [9.17, 15) is 14.7 Å². The zero-order valence-electron chi connectivity index (χ0n) is 15.1. The molecule has 4 rings (SSSR count). The number of hydrogen-bond donors (Lipinski definition) is 1. The van der Waals surface area contributed by atoms with E-state index in [0.717, 1.165) is 5.56 Å². The van der Waals surface area contributed by atoms with Crippen molar-refractivity contribution in [2.45, 2.75) is 24.7 Å². The summed E-state index contributed by atoms with van der Waals surface area (Å²) in [6, 6.07) is 8.95. The molecule has 7 heteroatoms. The highest BCUT2D eigenvalue weighted by Gasteiger charge is 2.60. The molecule has 0 amide bonds. The van der Waals surface area contributed by atoms with Gasteiger partial charge in [-0.15, -0.1) is 0 Å². The van der Waals surface area contributed by atoms with Crippen LogP contribution in [0.3, 0.4) is 0 Å². The van der Waals surface area contributed by atoms with Crippen molar-refractivity contribution in [3.8, 4) is 5.88 Å². The Bertz CT molecular complexity index is 918. The molecule has 140 valence electrons. The average Bonchev–Trinajstić information content (AvgIpc) is 3.07. The van der Waals surface area contributed by atoms with Crippen LogP contribution in [-0.2, 0) is 11.4 Å². The number of allylic oxidation sites excluding steroid dienone is 1. The Hall–Kier alpha value is -2.77. The average molecular weight is 368 g/mol. The molecular weight excluding hydrogens is 348 g/mol. The van der Waals surface area contributed by atoms with Crippen molar-refractivity contribution in [2.75, 3.05) is 14.1 Å². The lowest BCUT2D eigenvalue weighted by Gasteiger charge is -2.43. The van der Waals surface area contributed by atoms with Gasteiger partial charge in [-0.05, 0) is 37.3 Å². The summed E-state index contributed by atoms with van der Waals surface area (Å²) in [5, 5.41) is 15.0. The van der Waals surface area contributed by atoms with Crippen LogP contribution in [0.5, 0.6) is 5.88 Å². The molecule has 3 atom stereocenters. The normalized spacial score (nSPS) is 26.8. The van der Waals surface area contributed by atoms with Gasteiger partial charge in [0.1, 0.15) is 12.2 Å². The number of nitrogens with zero attached hydrogens (tertiary/aromatic N) is 2. The van der Waals surface area contributed by atoms with Crippen LogP contribution in [0.25, 0.3) is 0 Å². The van der Waals surface area contributed by atoms with Crippen LogP contribution in [0, 0.1) is 5.92 Å². The number of benzene rings is 1. The van der Waals surface area contributed by atoms with Crippen LogP contribution >= 0.6 is 0 Å². The molecule has 1 aromatic carbocycles. The Morgan fingerprint density at radius 2 is 2.04 bits per heavy atom. The molecule has 2 aromatic rings. The largest absolute Gasteiger partial charge is 0.470 e. The van der Waals surface area contributed by atoms with E-state index in [1.165, 1.54) is 6.08 Å². The molecular formula is C20H20N2O5. The van der Waals surface area contributed by atoms with Crippen molar-refractivity contribution < 1.29 is 24.0 Å². The Morgan fingerprint density at radius 3 is 2.74 bits per heavy atom. The number of ketones is 2. The third kappa shape index (κ3) is 2.62. The predicted molar refractivity (Wildman–Crippen MR) is 95.2 cm³/mol. The molecule has 1 unspecified atom stereocenters. The van der Waals surface area contributed by atoms with Gasteiger partial charge in [-0.1, -0.05) is 36.4 Å². The Morgan fingerprint density at radius 1 is 1.30 bits per heavy atom. The van der Waals surface area contributed by atoms with Gasteiger partial charge in [0, 0.05) is 5.92 Å².